The predicted octanol–water partition coefficient (Wildman–Crippen LogP) is 2.59. The van der Waals surface area contributed by atoms with E-state index in [1.54, 1.807) is 30.3 Å². The first-order valence-corrected chi connectivity index (χ1v) is 12.1. The van der Waals surface area contributed by atoms with Crippen molar-refractivity contribution in [1.82, 2.24) is 4.90 Å². The second-order valence-electron chi connectivity index (χ2n) is 9.59. The lowest BCUT2D eigenvalue weighted by molar-refractivity contribution is -0.160. The molecule has 1 N–H and O–H groups in total. The third-order valence-electron chi connectivity index (χ3n) is 7.70. The molecule has 3 heterocycles. The molecule has 2 bridgehead atoms. The maximum atomic E-state index is 14.2. The van der Waals surface area contributed by atoms with E-state index < -0.39 is 35.0 Å². The van der Waals surface area contributed by atoms with E-state index in [1.807, 2.05) is 13.8 Å². The number of esters is 1. The molecule has 8 nitrogen and oxygen atoms in total. The van der Waals surface area contributed by atoms with Crippen LogP contribution < -0.4 is 4.90 Å². The van der Waals surface area contributed by atoms with Gasteiger partial charge >= 0.3 is 5.97 Å². The van der Waals surface area contributed by atoms with Crippen LogP contribution in [0.2, 0.25) is 5.02 Å². The van der Waals surface area contributed by atoms with Crippen molar-refractivity contribution in [2.45, 2.75) is 37.5 Å². The van der Waals surface area contributed by atoms with Gasteiger partial charge in [0.25, 0.3) is 5.91 Å². The number of rotatable bonds is 9. The van der Waals surface area contributed by atoms with Gasteiger partial charge in [-0.3, -0.25) is 14.4 Å². The van der Waals surface area contributed by atoms with Crippen molar-refractivity contribution in [2.75, 3.05) is 31.2 Å². The fourth-order valence-electron chi connectivity index (χ4n) is 6.18. The van der Waals surface area contributed by atoms with Gasteiger partial charge in [-0.1, -0.05) is 37.3 Å². The van der Waals surface area contributed by atoms with Crippen molar-refractivity contribution >= 4 is 35.1 Å². The Hall–Kier alpha value is -2.68. The molecule has 188 valence electrons. The second kappa shape index (κ2) is 9.41. The van der Waals surface area contributed by atoms with Gasteiger partial charge in [-0.05, 0) is 43.5 Å². The molecule has 3 saturated heterocycles. The molecule has 0 saturated carbocycles. The van der Waals surface area contributed by atoms with Crippen molar-refractivity contribution in [3.63, 3.8) is 0 Å². The standard InChI is InChI=1S/C26H31ClN2O6/c1-5-11-28(18-9-7-17(27)8-10-18)23(32)21-26-15-16(3)25(4,35-26)20(24(33)34-14-6-2)19(26)22(31)29(21)12-13-30/h5-10,16,19-21,30H,1-2,11-15H2,3-4H3/t16?,19-,20-,21?,25+,26?/m0/s1. The molecule has 0 aliphatic carbocycles. The SMILES string of the molecule is C=CCOC(=O)[C@@H]1[C@H]2C(=O)N(CCO)C(C(=O)N(CC=C)c3ccc(Cl)cc3)C23CC(C)[C@@]1(C)O3. The minimum atomic E-state index is -1.22. The Morgan fingerprint density at radius 3 is 2.60 bits per heavy atom. The van der Waals surface area contributed by atoms with Gasteiger partial charge < -0.3 is 24.4 Å². The van der Waals surface area contributed by atoms with Gasteiger partial charge in [0, 0.05) is 23.8 Å². The van der Waals surface area contributed by atoms with E-state index in [0.29, 0.717) is 17.1 Å². The van der Waals surface area contributed by atoms with Crippen LogP contribution in [0, 0.1) is 17.8 Å². The molecule has 3 unspecified atom stereocenters. The normalized spacial score (nSPS) is 32.9. The van der Waals surface area contributed by atoms with E-state index in [9.17, 15) is 19.5 Å². The zero-order valence-corrected chi connectivity index (χ0v) is 20.7. The molecule has 3 aliphatic rings. The molecule has 35 heavy (non-hydrogen) atoms. The zero-order valence-electron chi connectivity index (χ0n) is 20.0. The van der Waals surface area contributed by atoms with E-state index in [1.165, 1.54) is 15.9 Å². The molecular weight excluding hydrogens is 472 g/mol. The summed E-state index contributed by atoms with van der Waals surface area (Å²) < 4.78 is 12.0. The van der Waals surface area contributed by atoms with E-state index in [2.05, 4.69) is 13.2 Å². The summed E-state index contributed by atoms with van der Waals surface area (Å²) in [5, 5.41) is 10.3. The van der Waals surface area contributed by atoms with E-state index in [4.69, 9.17) is 21.1 Å². The number of ether oxygens (including phenoxy) is 2. The largest absolute Gasteiger partial charge is 0.461 e. The Morgan fingerprint density at radius 2 is 2.00 bits per heavy atom. The first-order valence-electron chi connectivity index (χ1n) is 11.7. The number of halogens is 1. The van der Waals surface area contributed by atoms with Gasteiger partial charge in [-0.15, -0.1) is 6.58 Å². The first kappa shape index (κ1) is 25.4. The van der Waals surface area contributed by atoms with Crippen LogP contribution in [0.3, 0.4) is 0 Å². The average Bonchev–Trinajstić information content (AvgIpc) is 3.33. The van der Waals surface area contributed by atoms with Crippen LogP contribution in [-0.2, 0) is 23.9 Å². The molecule has 0 radical (unpaired) electrons. The van der Waals surface area contributed by atoms with Crippen LogP contribution in [0.25, 0.3) is 0 Å². The first-order chi connectivity index (χ1) is 16.7. The van der Waals surface area contributed by atoms with Crippen LogP contribution in [0.5, 0.6) is 0 Å². The predicted molar refractivity (Wildman–Crippen MR) is 131 cm³/mol. The quantitative estimate of drug-likeness (QED) is 0.412. The highest BCUT2D eigenvalue weighted by atomic mass is 35.5. The summed E-state index contributed by atoms with van der Waals surface area (Å²) in [5.41, 5.74) is -1.60. The Labute approximate surface area is 210 Å². The number of hydrogen-bond donors (Lipinski definition) is 1. The summed E-state index contributed by atoms with van der Waals surface area (Å²) in [7, 11) is 0. The molecule has 1 aromatic carbocycles. The van der Waals surface area contributed by atoms with E-state index >= 15 is 0 Å². The molecule has 3 fully saturated rings. The number of nitrogens with zero attached hydrogens (tertiary/aromatic N) is 2. The number of β-amino-alcohol motifs (C(OH)–C–C–N with tert-alkyl or cyclic N) is 1. The highest BCUT2D eigenvalue weighted by Crippen LogP contribution is 2.65. The summed E-state index contributed by atoms with van der Waals surface area (Å²) in [6, 6.07) is 5.78. The smallest absolute Gasteiger partial charge is 0.313 e. The number of hydrogen-bond acceptors (Lipinski definition) is 6. The number of carbonyl (C=O) groups is 3. The van der Waals surface area contributed by atoms with Crippen molar-refractivity contribution < 1.29 is 29.0 Å². The van der Waals surface area contributed by atoms with Gasteiger partial charge in [0.15, 0.2) is 0 Å². The van der Waals surface area contributed by atoms with Crippen molar-refractivity contribution in [3.05, 3.63) is 54.6 Å². The molecule has 0 aromatic heterocycles. The summed E-state index contributed by atoms with van der Waals surface area (Å²) >= 11 is 6.05. The van der Waals surface area contributed by atoms with Gasteiger partial charge in [0.05, 0.1) is 18.1 Å². The minimum Gasteiger partial charge on any atom is -0.461 e. The summed E-state index contributed by atoms with van der Waals surface area (Å²) in [5.74, 6) is -3.17. The maximum Gasteiger partial charge on any atom is 0.313 e. The highest BCUT2D eigenvalue weighted by molar-refractivity contribution is 6.30. The third kappa shape index (κ3) is 3.79. The van der Waals surface area contributed by atoms with Crippen LogP contribution in [0.4, 0.5) is 5.69 Å². The number of carbonyl (C=O) groups excluding carboxylic acids is 3. The van der Waals surface area contributed by atoms with Crippen molar-refractivity contribution in [3.8, 4) is 0 Å². The Kier molecular flexibility index (Phi) is 6.83. The van der Waals surface area contributed by atoms with E-state index in [-0.39, 0.29) is 44.0 Å². The molecule has 3 aliphatic heterocycles. The summed E-state index contributed by atoms with van der Waals surface area (Å²) in [6.45, 7) is 11.0. The second-order valence-corrected chi connectivity index (χ2v) is 10.0. The average molecular weight is 503 g/mol. The fraction of sp³-hybridized carbons (Fsp3) is 0.500. The molecule has 4 rings (SSSR count). The maximum absolute atomic E-state index is 14.2. The number of fused-ring (bicyclic) bond motifs is 1. The number of likely N-dealkylation sites (tertiary alicyclic amines) is 1. The summed E-state index contributed by atoms with van der Waals surface area (Å²) in [4.78, 5) is 44.0. The number of amides is 2. The van der Waals surface area contributed by atoms with Crippen LogP contribution >= 0.6 is 11.6 Å². The monoisotopic (exact) mass is 502 g/mol. The molecule has 1 aromatic rings. The number of benzene rings is 1. The lowest BCUT2D eigenvalue weighted by atomic mass is 9.62. The van der Waals surface area contributed by atoms with E-state index in [0.717, 1.165) is 0 Å². The zero-order chi connectivity index (χ0) is 25.5. The van der Waals surface area contributed by atoms with Crippen LogP contribution in [0.15, 0.2) is 49.6 Å². The van der Waals surface area contributed by atoms with Crippen molar-refractivity contribution in [1.29, 1.82) is 0 Å². The topological polar surface area (TPSA) is 96.4 Å². The molecule has 1 spiro atoms. The third-order valence-corrected chi connectivity index (χ3v) is 7.95. The molecule has 9 heteroatoms. The lowest BCUT2D eigenvalue weighted by Crippen LogP contribution is -2.57. The molecule has 2 amide bonds. The lowest BCUT2D eigenvalue weighted by Gasteiger charge is -2.37. The fourth-order valence-corrected chi connectivity index (χ4v) is 6.30. The summed E-state index contributed by atoms with van der Waals surface area (Å²) in [6.07, 6.45) is 3.49. The highest BCUT2D eigenvalue weighted by Gasteiger charge is 2.80. The Morgan fingerprint density at radius 1 is 1.31 bits per heavy atom. The molecule has 6 atom stereocenters. The molecular formula is C26H31ClN2O6. The van der Waals surface area contributed by atoms with Crippen LogP contribution in [-0.4, -0.2) is 71.3 Å². The van der Waals surface area contributed by atoms with Gasteiger partial charge in [0.1, 0.15) is 24.2 Å². The van der Waals surface area contributed by atoms with Gasteiger partial charge in [0.2, 0.25) is 5.91 Å². The number of aliphatic hydroxyl groups is 1. The van der Waals surface area contributed by atoms with Gasteiger partial charge in [-0.2, -0.15) is 0 Å². The minimum absolute atomic E-state index is 0.0140. The number of aliphatic hydroxyl groups excluding tert-OH is 1. The van der Waals surface area contributed by atoms with Crippen molar-refractivity contribution in [2.24, 2.45) is 17.8 Å². The Bertz CT molecular complexity index is 1040. The van der Waals surface area contributed by atoms with Gasteiger partial charge in [-0.25, -0.2) is 0 Å². The Balaban J connectivity index is 1.80. The van der Waals surface area contributed by atoms with Crippen LogP contribution in [0.1, 0.15) is 20.3 Å². The number of anilines is 1.